The van der Waals surface area contributed by atoms with Crippen molar-refractivity contribution in [2.45, 2.75) is 38.1 Å². The average Bonchev–Trinajstić information content (AvgIpc) is 3.61. The molecule has 0 spiro atoms. The predicted octanol–water partition coefficient (Wildman–Crippen LogP) is 1.60. The third kappa shape index (κ3) is 4.90. The van der Waals surface area contributed by atoms with Crippen LogP contribution in [0, 0.1) is 5.82 Å². The Morgan fingerprint density at radius 2 is 1.85 bits per heavy atom. The standard InChI is InChI=1S/C27H29FN10O2/c1-36-24(18-4-2-17(13-29)3-5-18)22-23(33-36)26(39)38(16-30-22)15-27(40)8-10-37(11-9-27)14-20-7-6-19(12-21(20)28)25-31-34-35-32-25/h2-7,12,16,40H,8-11,13-15,29H2,1H3,(H,31,32,34,35). The van der Waals surface area contributed by atoms with Gasteiger partial charge < -0.3 is 10.8 Å². The SMILES string of the molecule is Cn1nc2c(=O)n(CC3(O)CCN(Cc4ccc(-c5nn[nH]n5)cc4F)CC3)cnc2c1-c1ccc(CN)cc1. The van der Waals surface area contributed by atoms with Crippen LogP contribution < -0.4 is 11.3 Å². The number of halogens is 1. The summed E-state index contributed by atoms with van der Waals surface area (Å²) < 4.78 is 17.8. The van der Waals surface area contributed by atoms with Gasteiger partial charge >= 0.3 is 0 Å². The average molecular weight is 545 g/mol. The van der Waals surface area contributed by atoms with Crippen molar-refractivity contribution in [3.05, 3.63) is 76.1 Å². The highest BCUT2D eigenvalue weighted by Crippen LogP contribution is 2.28. The second-order valence-corrected chi connectivity index (χ2v) is 10.3. The number of fused-ring (bicyclic) bond motifs is 1. The van der Waals surface area contributed by atoms with E-state index in [0.717, 1.165) is 16.8 Å². The number of hydrogen-bond donors (Lipinski definition) is 3. The largest absolute Gasteiger partial charge is 0.388 e. The van der Waals surface area contributed by atoms with E-state index in [1.54, 1.807) is 23.9 Å². The lowest BCUT2D eigenvalue weighted by Gasteiger charge is -2.38. The van der Waals surface area contributed by atoms with Gasteiger partial charge in [0.15, 0.2) is 5.52 Å². The van der Waals surface area contributed by atoms with Crippen molar-refractivity contribution >= 4 is 11.0 Å². The first-order chi connectivity index (χ1) is 19.3. The minimum Gasteiger partial charge on any atom is -0.388 e. The highest BCUT2D eigenvalue weighted by molar-refractivity contribution is 5.89. The van der Waals surface area contributed by atoms with Gasteiger partial charge in [-0.3, -0.25) is 18.9 Å². The van der Waals surface area contributed by atoms with Crippen molar-refractivity contribution in [1.82, 2.24) is 44.9 Å². The first kappa shape index (κ1) is 25.9. The number of aromatic amines is 1. The van der Waals surface area contributed by atoms with Gasteiger partial charge in [0.1, 0.15) is 11.3 Å². The van der Waals surface area contributed by atoms with Gasteiger partial charge in [0, 0.05) is 49.9 Å². The van der Waals surface area contributed by atoms with Gasteiger partial charge in [-0.05, 0) is 29.7 Å². The van der Waals surface area contributed by atoms with Crippen LogP contribution in [-0.2, 0) is 26.7 Å². The molecule has 0 atom stereocenters. The van der Waals surface area contributed by atoms with Crippen molar-refractivity contribution in [2.75, 3.05) is 13.1 Å². The summed E-state index contributed by atoms with van der Waals surface area (Å²) in [6.07, 6.45) is 2.34. The van der Waals surface area contributed by atoms with Gasteiger partial charge in [-0.2, -0.15) is 10.3 Å². The number of piperidine rings is 1. The third-order valence-electron chi connectivity index (χ3n) is 7.58. The van der Waals surface area contributed by atoms with E-state index in [1.165, 1.54) is 17.0 Å². The Bertz CT molecular complexity index is 1700. The quantitative estimate of drug-likeness (QED) is 0.277. The van der Waals surface area contributed by atoms with Gasteiger partial charge in [0.2, 0.25) is 5.82 Å². The molecule has 0 bridgehead atoms. The Balaban J connectivity index is 1.14. The van der Waals surface area contributed by atoms with Crippen LogP contribution in [0.3, 0.4) is 0 Å². The van der Waals surface area contributed by atoms with Crippen LogP contribution in [0.2, 0.25) is 0 Å². The molecule has 206 valence electrons. The molecule has 1 fully saturated rings. The molecule has 4 N–H and O–H groups in total. The van der Waals surface area contributed by atoms with Crippen molar-refractivity contribution < 1.29 is 9.50 Å². The number of H-pyrrole nitrogens is 1. The lowest BCUT2D eigenvalue weighted by atomic mass is 9.91. The van der Waals surface area contributed by atoms with Gasteiger partial charge in [0.25, 0.3) is 5.56 Å². The number of nitrogens with two attached hydrogens (primary N) is 1. The summed E-state index contributed by atoms with van der Waals surface area (Å²) in [5, 5.41) is 29.4. The molecular formula is C27H29FN10O2. The summed E-state index contributed by atoms with van der Waals surface area (Å²) in [7, 11) is 1.78. The van der Waals surface area contributed by atoms with E-state index in [2.05, 4.69) is 35.6 Å². The fourth-order valence-corrected chi connectivity index (χ4v) is 5.27. The maximum Gasteiger partial charge on any atom is 0.281 e. The third-order valence-corrected chi connectivity index (χ3v) is 7.58. The number of aryl methyl sites for hydroxylation is 1. The number of aromatic nitrogens is 8. The second-order valence-electron chi connectivity index (χ2n) is 10.3. The maximum absolute atomic E-state index is 14.8. The normalized spacial score (nSPS) is 15.6. The van der Waals surface area contributed by atoms with Gasteiger partial charge in [-0.25, -0.2) is 9.37 Å². The fourth-order valence-electron chi connectivity index (χ4n) is 5.27. The summed E-state index contributed by atoms with van der Waals surface area (Å²) in [6, 6.07) is 12.6. The number of tetrazole rings is 1. The number of benzene rings is 2. The molecule has 0 aliphatic carbocycles. The van der Waals surface area contributed by atoms with E-state index >= 15 is 0 Å². The topological polar surface area (TPSA) is 157 Å². The van der Waals surface area contributed by atoms with E-state index in [4.69, 9.17) is 5.73 Å². The summed E-state index contributed by atoms with van der Waals surface area (Å²) in [5.41, 5.74) is 8.82. The predicted molar refractivity (Wildman–Crippen MR) is 145 cm³/mol. The second kappa shape index (κ2) is 10.3. The molecule has 2 aromatic carbocycles. The van der Waals surface area contributed by atoms with Crippen molar-refractivity contribution in [1.29, 1.82) is 0 Å². The molecule has 1 aliphatic rings. The van der Waals surface area contributed by atoms with Crippen LogP contribution in [0.1, 0.15) is 24.0 Å². The van der Waals surface area contributed by atoms with Crippen LogP contribution >= 0.6 is 0 Å². The lowest BCUT2D eigenvalue weighted by Crippen LogP contribution is -2.47. The first-order valence-corrected chi connectivity index (χ1v) is 13.0. The van der Waals surface area contributed by atoms with Crippen LogP contribution in [0.4, 0.5) is 4.39 Å². The molecule has 1 aliphatic heterocycles. The Morgan fingerprint density at radius 3 is 2.52 bits per heavy atom. The zero-order valence-corrected chi connectivity index (χ0v) is 22.0. The maximum atomic E-state index is 14.8. The molecular weight excluding hydrogens is 515 g/mol. The molecule has 13 heteroatoms. The Labute approximate surface area is 228 Å². The van der Waals surface area contributed by atoms with Crippen LogP contribution in [0.15, 0.2) is 53.6 Å². The zero-order chi connectivity index (χ0) is 27.9. The number of nitrogens with zero attached hydrogens (tertiary/aromatic N) is 8. The molecule has 12 nitrogen and oxygen atoms in total. The number of rotatable bonds is 7. The van der Waals surface area contributed by atoms with E-state index in [-0.39, 0.29) is 23.4 Å². The summed E-state index contributed by atoms with van der Waals surface area (Å²) in [6.45, 7) is 2.07. The molecule has 0 radical (unpaired) electrons. The van der Waals surface area contributed by atoms with E-state index in [9.17, 15) is 14.3 Å². The number of aliphatic hydroxyl groups is 1. The van der Waals surface area contributed by atoms with Gasteiger partial charge in [0.05, 0.1) is 24.2 Å². The summed E-state index contributed by atoms with van der Waals surface area (Å²) in [4.78, 5) is 20.0. The Hall–Kier alpha value is -4.33. The summed E-state index contributed by atoms with van der Waals surface area (Å²) >= 11 is 0. The molecule has 40 heavy (non-hydrogen) atoms. The minimum absolute atomic E-state index is 0.105. The van der Waals surface area contributed by atoms with Crippen LogP contribution in [0.5, 0.6) is 0 Å². The Morgan fingerprint density at radius 1 is 1.10 bits per heavy atom. The highest BCUT2D eigenvalue weighted by Gasteiger charge is 2.33. The monoisotopic (exact) mass is 544 g/mol. The minimum atomic E-state index is -1.09. The Kier molecular flexibility index (Phi) is 6.70. The van der Waals surface area contributed by atoms with E-state index in [0.29, 0.717) is 61.5 Å². The number of nitrogens with one attached hydrogen (secondary N) is 1. The lowest BCUT2D eigenvalue weighted by molar-refractivity contribution is -0.0366. The smallest absolute Gasteiger partial charge is 0.281 e. The van der Waals surface area contributed by atoms with Gasteiger partial charge in [-0.1, -0.05) is 36.4 Å². The summed E-state index contributed by atoms with van der Waals surface area (Å²) in [5.74, 6) is -0.0152. The van der Waals surface area contributed by atoms with E-state index < -0.39 is 5.60 Å². The van der Waals surface area contributed by atoms with Gasteiger partial charge in [-0.15, -0.1) is 10.2 Å². The molecule has 0 amide bonds. The molecule has 4 heterocycles. The first-order valence-electron chi connectivity index (χ1n) is 13.0. The number of likely N-dealkylation sites (tertiary alicyclic amines) is 1. The van der Waals surface area contributed by atoms with Crippen LogP contribution in [-0.4, -0.2) is 68.7 Å². The highest BCUT2D eigenvalue weighted by atomic mass is 19.1. The molecule has 0 saturated carbocycles. The molecule has 6 rings (SSSR count). The van der Waals surface area contributed by atoms with Crippen LogP contribution in [0.25, 0.3) is 33.7 Å². The van der Waals surface area contributed by atoms with Crippen molar-refractivity contribution in [3.8, 4) is 22.6 Å². The van der Waals surface area contributed by atoms with Crippen molar-refractivity contribution in [2.24, 2.45) is 12.8 Å². The number of hydrogen-bond acceptors (Lipinski definition) is 9. The molecule has 1 saturated heterocycles. The molecule has 0 unspecified atom stereocenters. The molecule has 3 aromatic heterocycles. The van der Waals surface area contributed by atoms with Crippen molar-refractivity contribution in [3.63, 3.8) is 0 Å². The van der Waals surface area contributed by atoms with E-state index in [1.807, 2.05) is 24.3 Å². The fraction of sp³-hybridized carbons (Fsp3) is 0.333. The zero-order valence-electron chi connectivity index (χ0n) is 22.0. The molecule has 5 aromatic rings.